The number of nitrogen functional groups attached to an aromatic ring is 2. The first kappa shape index (κ1) is 9.47. The number of aromatic nitrogens is 3. The van der Waals surface area contributed by atoms with Crippen molar-refractivity contribution in [3.63, 3.8) is 0 Å². The summed E-state index contributed by atoms with van der Waals surface area (Å²) in [6.07, 6.45) is 0. The van der Waals surface area contributed by atoms with E-state index in [0.29, 0.717) is 5.82 Å². The molecule has 0 saturated heterocycles. The fourth-order valence-electron chi connectivity index (χ4n) is 1.34. The molecule has 78 valence electrons. The van der Waals surface area contributed by atoms with Gasteiger partial charge >= 0.3 is 0 Å². The predicted octanol–water partition coefficient (Wildman–Crippen LogP) is -0.378. The van der Waals surface area contributed by atoms with Gasteiger partial charge in [0.05, 0.1) is 6.04 Å². The normalized spacial score (nSPS) is 12.6. The molecule has 2 aromatic rings. The van der Waals surface area contributed by atoms with Crippen LogP contribution in [0.3, 0.4) is 0 Å². The molecule has 0 aliphatic rings. The molecule has 0 aliphatic carbocycles. The monoisotopic (exact) mass is 204 g/mol. The Balaban J connectivity index is 2.37. The minimum atomic E-state index is -0.416. The van der Waals surface area contributed by atoms with E-state index in [4.69, 9.17) is 17.3 Å². The van der Waals surface area contributed by atoms with Gasteiger partial charge in [-0.25, -0.2) is 4.68 Å². The molecule has 0 bridgehead atoms. The first-order valence-electron chi connectivity index (χ1n) is 4.46. The zero-order valence-corrected chi connectivity index (χ0v) is 8.04. The quantitative estimate of drug-likeness (QED) is 0.578. The van der Waals surface area contributed by atoms with E-state index in [1.54, 1.807) is 0 Å². The van der Waals surface area contributed by atoms with E-state index in [1.165, 1.54) is 4.68 Å². The minimum Gasteiger partial charge on any atom is -0.366 e. The summed E-state index contributed by atoms with van der Waals surface area (Å²) in [5, 5.41) is 7.48. The minimum absolute atomic E-state index is 0.149. The van der Waals surface area contributed by atoms with Crippen molar-refractivity contribution >= 4 is 5.95 Å². The second-order valence-electron chi connectivity index (χ2n) is 3.17. The van der Waals surface area contributed by atoms with Gasteiger partial charge in [-0.2, -0.15) is 0 Å². The second kappa shape index (κ2) is 3.58. The maximum Gasteiger partial charge on any atom is 0.240 e. The predicted molar refractivity (Wildman–Crippen MR) is 57.1 cm³/mol. The molecule has 0 saturated carbocycles. The molecule has 15 heavy (non-hydrogen) atoms. The van der Waals surface area contributed by atoms with Gasteiger partial charge in [-0.3, -0.25) is 0 Å². The molecule has 0 aliphatic heterocycles. The summed E-state index contributed by atoms with van der Waals surface area (Å²) in [7, 11) is 0. The van der Waals surface area contributed by atoms with Crippen LogP contribution in [-0.2, 0) is 0 Å². The second-order valence-corrected chi connectivity index (χ2v) is 3.17. The third-order valence-corrected chi connectivity index (χ3v) is 2.19. The Morgan fingerprint density at radius 2 is 1.80 bits per heavy atom. The molecule has 0 unspecified atom stereocenters. The summed E-state index contributed by atoms with van der Waals surface area (Å²) in [5.41, 5.74) is 12.4. The number of anilines is 1. The van der Waals surface area contributed by atoms with E-state index in [-0.39, 0.29) is 5.95 Å². The van der Waals surface area contributed by atoms with Gasteiger partial charge in [0.2, 0.25) is 5.95 Å². The van der Waals surface area contributed by atoms with Crippen molar-refractivity contribution in [3.8, 4) is 0 Å². The number of nitrogens with zero attached hydrogens (tertiary/aromatic N) is 3. The van der Waals surface area contributed by atoms with E-state index in [2.05, 4.69) is 10.2 Å². The highest BCUT2D eigenvalue weighted by Crippen LogP contribution is 2.16. The lowest BCUT2D eigenvalue weighted by Gasteiger charge is -2.10. The topological polar surface area (TPSA) is 109 Å². The zero-order chi connectivity index (χ0) is 10.8. The molecule has 2 rings (SSSR count). The van der Waals surface area contributed by atoms with E-state index in [9.17, 15) is 0 Å². The SMILES string of the molecule is Nc1nnc([C@H](N)c2ccccc2)n1N. The Labute approximate surface area is 86.7 Å². The standard InChI is InChI=1S/C9H12N6/c10-7(6-4-2-1-3-5-6)8-13-14-9(11)15(8)12/h1-5,7H,10,12H2,(H2,11,14)/t7-/m1/s1. The molecule has 6 N–H and O–H groups in total. The van der Waals surface area contributed by atoms with E-state index < -0.39 is 6.04 Å². The lowest BCUT2D eigenvalue weighted by molar-refractivity contribution is 0.740. The largest absolute Gasteiger partial charge is 0.366 e. The van der Waals surface area contributed by atoms with Crippen molar-refractivity contribution in [2.75, 3.05) is 11.6 Å². The van der Waals surface area contributed by atoms with Crippen LogP contribution in [0.4, 0.5) is 5.95 Å². The average molecular weight is 204 g/mol. The van der Waals surface area contributed by atoms with Crippen LogP contribution in [0.15, 0.2) is 30.3 Å². The van der Waals surface area contributed by atoms with Gasteiger partial charge in [-0.15, -0.1) is 10.2 Å². The lowest BCUT2D eigenvalue weighted by Crippen LogP contribution is -2.23. The number of hydrogen-bond acceptors (Lipinski definition) is 5. The van der Waals surface area contributed by atoms with Crippen LogP contribution < -0.4 is 17.3 Å². The molecule has 1 atom stereocenters. The Hall–Kier alpha value is -2.08. The molecular weight excluding hydrogens is 192 g/mol. The molecule has 0 amide bonds. The van der Waals surface area contributed by atoms with Crippen LogP contribution in [0.5, 0.6) is 0 Å². The van der Waals surface area contributed by atoms with Gasteiger partial charge in [0.15, 0.2) is 5.82 Å². The van der Waals surface area contributed by atoms with Crippen molar-refractivity contribution in [1.29, 1.82) is 0 Å². The number of benzene rings is 1. The smallest absolute Gasteiger partial charge is 0.240 e. The molecule has 0 spiro atoms. The average Bonchev–Trinajstić information content (AvgIpc) is 2.60. The molecule has 6 nitrogen and oxygen atoms in total. The van der Waals surface area contributed by atoms with Gasteiger partial charge in [-0.05, 0) is 5.56 Å². The summed E-state index contributed by atoms with van der Waals surface area (Å²) in [6.45, 7) is 0. The Morgan fingerprint density at radius 1 is 1.13 bits per heavy atom. The summed E-state index contributed by atoms with van der Waals surface area (Å²) in [5.74, 6) is 6.22. The van der Waals surface area contributed by atoms with Crippen molar-refractivity contribution < 1.29 is 0 Å². The number of nitrogens with two attached hydrogens (primary N) is 3. The van der Waals surface area contributed by atoms with Crippen LogP contribution in [-0.4, -0.2) is 14.9 Å². The van der Waals surface area contributed by atoms with Crippen LogP contribution in [0, 0.1) is 0 Å². The Kier molecular flexibility index (Phi) is 2.26. The Morgan fingerprint density at radius 3 is 2.33 bits per heavy atom. The molecule has 1 aromatic carbocycles. The summed E-state index contributed by atoms with van der Waals surface area (Å²) in [4.78, 5) is 0. The first-order chi connectivity index (χ1) is 7.20. The molecular formula is C9H12N6. The summed E-state index contributed by atoms with van der Waals surface area (Å²) >= 11 is 0. The van der Waals surface area contributed by atoms with Gasteiger partial charge in [0, 0.05) is 0 Å². The third kappa shape index (κ3) is 1.62. The van der Waals surface area contributed by atoms with Gasteiger partial charge in [0.25, 0.3) is 0 Å². The van der Waals surface area contributed by atoms with Gasteiger partial charge in [0.1, 0.15) is 0 Å². The van der Waals surface area contributed by atoms with E-state index in [1.807, 2.05) is 30.3 Å². The van der Waals surface area contributed by atoms with Crippen molar-refractivity contribution in [2.24, 2.45) is 5.73 Å². The lowest BCUT2D eigenvalue weighted by atomic mass is 10.1. The molecule has 0 fully saturated rings. The van der Waals surface area contributed by atoms with Crippen LogP contribution >= 0.6 is 0 Å². The van der Waals surface area contributed by atoms with Crippen molar-refractivity contribution in [3.05, 3.63) is 41.7 Å². The van der Waals surface area contributed by atoms with Crippen LogP contribution in [0.1, 0.15) is 17.4 Å². The van der Waals surface area contributed by atoms with Gasteiger partial charge < -0.3 is 17.3 Å². The van der Waals surface area contributed by atoms with E-state index >= 15 is 0 Å². The highest BCUT2D eigenvalue weighted by atomic mass is 15.4. The van der Waals surface area contributed by atoms with E-state index in [0.717, 1.165) is 5.56 Å². The van der Waals surface area contributed by atoms with Gasteiger partial charge in [-0.1, -0.05) is 30.3 Å². The Bertz CT molecular complexity index is 449. The summed E-state index contributed by atoms with van der Waals surface area (Å²) in [6, 6.07) is 9.09. The molecule has 0 radical (unpaired) electrons. The van der Waals surface area contributed by atoms with Crippen LogP contribution in [0.25, 0.3) is 0 Å². The highest BCUT2D eigenvalue weighted by molar-refractivity contribution is 5.27. The summed E-state index contributed by atoms with van der Waals surface area (Å²) < 4.78 is 1.19. The zero-order valence-electron chi connectivity index (χ0n) is 8.04. The van der Waals surface area contributed by atoms with Crippen molar-refractivity contribution in [2.45, 2.75) is 6.04 Å². The third-order valence-electron chi connectivity index (χ3n) is 2.19. The van der Waals surface area contributed by atoms with Crippen molar-refractivity contribution in [1.82, 2.24) is 14.9 Å². The fourth-order valence-corrected chi connectivity index (χ4v) is 1.34. The molecule has 1 aromatic heterocycles. The van der Waals surface area contributed by atoms with Crippen LogP contribution in [0.2, 0.25) is 0 Å². The highest BCUT2D eigenvalue weighted by Gasteiger charge is 2.16. The maximum atomic E-state index is 5.97. The number of rotatable bonds is 2. The maximum absolute atomic E-state index is 5.97. The number of hydrogen-bond donors (Lipinski definition) is 3. The molecule has 6 heteroatoms. The first-order valence-corrected chi connectivity index (χ1v) is 4.46. The molecule has 1 heterocycles. The fraction of sp³-hybridized carbons (Fsp3) is 0.111.